The Kier molecular flexibility index (Phi) is 4.90. The van der Waals surface area contributed by atoms with E-state index in [2.05, 4.69) is 10.4 Å². The van der Waals surface area contributed by atoms with Crippen molar-refractivity contribution in [2.45, 2.75) is 13.1 Å². The number of nitrogens with one attached hydrogen (secondary N) is 1. The van der Waals surface area contributed by atoms with Crippen molar-refractivity contribution < 1.29 is 18.0 Å². The number of amides is 1. The Balaban J connectivity index is 1.71. The summed E-state index contributed by atoms with van der Waals surface area (Å²) in [5, 5.41) is 0.374. The molecule has 152 valence electrons. The minimum atomic E-state index is -4.49. The highest BCUT2D eigenvalue weighted by atomic mass is 32.1. The van der Waals surface area contributed by atoms with E-state index in [-0.39, 0.29) is 5.56 Å². The number of rotatable bonds is 3. The first-order chi connectivity index (χ1) is 14.3. The van der Waals surface area contributed by atoms with Gasteiger partial charge in [-0.1, -0.05) is 30.3 Å². The van der Waals surface area contributed by atoms with Crippen LogP contribution in [0.5, 0.6) is 0 Å². The zero-order valence-electron chi connectivity index (χ0n) is 15.5. The molecule has 4 aromatic rings. The number of alkyl halides is 3. The summed E-state index contributed by atoms with van der Waals surface area (Å²) >= 11 is 1.37. The molecule has 0 aliphatic carbocycles. The number of halogens is 3. The number of benzene rings is 2. The van der Waals surface area contributed by atoms with Crippen molar-refractivity contribution >= 4 is 27.5 Å². The molecule has 2 heterocycles. The fraction of sp³-hybridized carbons (Fsp3) is 0.0952. The molecule has 30 heavy (non-hydrogen) atoms. The number of hydrogen-bond acceptors (Lipinski definition) is 4. The lowest BCUT2D eigenvalue weighted by atomic mass is 10.0. The second-order valence-corrected chi connectivity index (χ2v) is 7.72. The van der Waals surface area contributed by atoms with E-state index in [1.54, 1.807) is 0 Å². The van der Waals surface area contributed by atoms with Crippen LogP contribution in [-0.4, -0.2) is 15.6 Å². The minimum absolute atomic E-state index is 0.0141. The molecule has 0 saturated heterocycles. The summed E-state index contributed by atoms with van der Waals surface area (Å²) in [6.45, 7) is 1.89. The predicted octanol–water partition coefficient (Wildman–Crippen LogP) is 4.84. The first-order valence-electron chi connectivity index (χ1n) is 8.80. The zero-order valence-corrected chi connectivity index (χ0v) is 16.3. The van der Waals surface area contributed by atoms with Gasteiger partial charge in [-0.25, -0.2) is 9.66 Å². The maximum absolute atomic E-state index is 13.1. The lowest BCUT2D eigenvalue weighted by Crippen LogP contribution is -2.33. The van der Waals surface area contributed by atoms with Crippen LogP contribution >= 0.6 is 11.3 Å². The van der Waals surface area contributed by atoms with Crippen LogP contribution in [0.15, 0.2) is 65.7 Å². The van der Waals surface area contributed by atoms with Crippen molar-refractivity contribution in [1.82, 2.24) is 9.66 Å². The third-order valence-corrected chi connectivity index (χ3v) is 5.56. The van der Waals surface area contributed by atoms with Gasteiger partial charge in [-0.3, -0.25) is 15.0 Å². The van der Waals surface area contributed by atoms with E-state index in [0.29, 0.717) is 10.2 Å². The topological polar surface area (TPSA) is 64.0 Å². The van der Waals surface area contributed by atoms with Gasteiger partial charge in [0.2, 0.25) is 0 Å². The SMILES string of the molecule is Cc1sc2ncn(NC(=O)c3ccc(C(F)(F)F)cc3)c(=O)c2c1-c1ccccc1. The molecule has 0 spiro atoms. The maximum atomic E-state index is 13.1. The smallest absolute Gasteiger partial charge is 0.267 e. The molecule has 0 fully saturated rings. The number of carbonyl (C=O) groups excluding carboxylic acids is 1. The first kappa shape index (κ1) is 19.8. The predicted molar refractivity (Wildman–Crippen MR) is 109 cm³/mol. The van der Waals surface area contributed by atoms with Crippen LogP contribution in [0.1, 0.15) is 20.8 Å². The Morgan fingerprint density at radius 3 is 2.37 bits per heavy atom. The van der Waals surface area contributed by atoms with Gasteiger partial charge >= 0.3 is 6.18 Å². The van der Waals surface area contributed by atoms with E-state index in [0.717, 1.165) is 44.9 Å². The number of hydrogen-bond donors (Lipinski definition) is 1. The molecule has 0 atom stereocenters. The molecule has 0 radical (unpaired) electrons. The quantitative estimate of drug-likeness (QED) is 0.507. The fourth-order valence-electron chi connectivity index (χ4n) is 3.12. The van der Waals surface area contributed by atoms with Crippen molar-refractivity contribution in [1.29, 1.82) is 0 Å². The molecule has 2 aromatic heterocycles. The summed E-state index contributed by atoms with van der Waals surface area (Å²) in [6, 6.07) is 13.1. The summed E-state index contributed by atoms with van der Waals surface area (Å²) in [6.07, 6.45) is -3.30. The summed E-state index contributed by atoms with van der Waals surface area (Å²) in [7, 11) is 0. The van der Waals surface area contributed by atoms with Gasteiger partial charge < -0.3 is 0 Å². The summed E-state index contributed by atoms with van der Waals surface area (Å²) in [5.74, 6) is -0.722. The van der Waals surface area contributed by atoms with Gasteiger partial charge in [0.05, 0.1) is 10.9 Å². The van der Waals surface area contributed by atoms with Crippen LogP contribution in [0.4, 0.5) is 13.2 Å². The second kappa shape index (κ2) is 7.42. The zero-order chi connectivity index (χ0) is 21.5. The average molecular weight is 429 g/mol. The highest BCUT2D eigenvalue weighted by molar-refractivity contribution is 7.19. The Bertz CT molecular complexity index is 1290. The number of carbonyl (C=O) groups is 1. The molecule has 0 aliphatic heterocycles. The van der Waals surface area contributed by atoms with E-state index in [4.69, 9.17) is 0 Å². The molecule has 0 unspecified atom stereocenters. The summed E-state index contributed by atoms with van der Waals surface area (Å²) in [5.41, 5.74) is 2.64. The first-order valence-corrected chi connectivity index (χ1v) is 9.62. The van der Waals surface area contributed by atoms with Crippen molar-refractivity contribution in [3.8, 4) is 11.1 Å². The monoisotopic (exact) mass is 429 g/mol. The molecule has 9 heteroatoms. The minimum Gasteiger partial charge on any atom is -0.267 e. The normalized spacial score (nSPS) is 11.6. The Hall–Kier alpha value is -3.46. The van der Waals surface area contributed by atoms with Crippen molar-refractivity contribution in [3.63, 3.8) is 0 Å². The molecule has 4 rings (SSSR count). The fourth-order valence-corrected chi connectivity index (χ4v) is 4.12. The van der Waals surface area contributed by atoms with Crippen LogP contribution in [0.2, 0.25) is 0 Å². The van der Waals surface area contributed by atoms with E-state index in [9.17, 15) is 22.8 Å². The highest BCUT2D eigenvalue weighted by Gasteiger charge is 2.30. The average Bonchev–Trinajstić information content (AvgIpc) is 3.07. The van der Waals surface area contributed by atoms with Crippen molar-refractivity contribution in [2.24, 2.45) is 0 Å². The van der Waals surface area contributed by atoms with E-state index in [1.165, 1.54) is 17.7 Å². The largest absolute Gasteiger partial charge is 0.416 e. The second-order valence-electron chi connectivity index (χ2n) is 6.52. The van der Waals surface area contributed by atoms with E-state index in [1.807, 2.05) is 37.3 Å². The van der Waals surface area contributed by atoms with E-state index < -0.39 is 23.2 Å². The number of fused-ring (bicyclic) bond motifs is 1. The van der Waals surface area contributed by atoms with Crippen LogP contribution in [0.3, 0.4) is 0 Å². The van der Waals surface area contributed by atoms with Gasteiger partial charge in [0.15, 0.2) is 0 Å². The number of nitrogens with zero attached hydrogens (tertiary/aromatic N) is 2. The van der Waals surface area contributed by atoms with Gasteiger partial charge in [0.1, 0.15) is 11.2 Å². The lowest BCUT2D eigenvalue weighted by Gasteiger charge is -2.10. The maximum Gasteiger partial charge on any atom is 0.416 e. The van der Waals surface area contributed by atoms with Crippen LogP contribution in [0, 0.1) is 6.92 Å². The van der Waals surface area contributed by atoms with Crippen molar-refractivity contribution in [2.75, 3.05) is 5.43 Å². The number of aryl methyl sites for hydroxylation is 1. The Morgan fingerprint density at radius 1 is 1.07 bits per heavy atom. The lowest BCUT2D eigenvalue weighted by molar-refractivity contribution is -0.137. The Labute approximate surface area is 172 Å². The summed E-state index contributed by atoms with van der Waals surface area (Å²) < 4.78 is 39.0. The molecule has 5 nitrogen and oxygen atoms in total. The van der Waals surface area contributed by atoms with Gasteiger partial charge in [-0.15, -0.1) is 11.3 Å². The molecule has 1 N–H and O–H groups in total. The third-order valence-electron chi connectivity index (χ3n) is 4.55. The molecule has 2 aromatic carbocycles. The van der Waals surface area contributed by atoms with Gasteiger partial charge in [0.25, 0.3) is 11.5 Å². The molecule has 1 amide bonds. The van der Waals surface area contributed by atoms with Gasteiger partial charge in [-0.05, 0) is 36.8 Å². The molecular formula is C21H14F3N3O2S. The van der Waals surface area contributed by atoms with E-state index >= 15 is 0 Å². The van der Waals surface area contributed by atoms with Gasteiger partial charge in [-0.2, -0.15) is 13.2 Å². The number of thiophene rings is 1. The van der Waals surface area contributed by atoms with Crippen LogP contribution in [0.25, 0.3) is 21.3 Å². The molecular weight excluding hydrogens is 415 g/mol. The third kappa shape index (κ3) is 3.59. The Morgan fingerprint density at radius 2 is 1.73 bits per heavy atom. The standard InChI is InChI=1S/C21H14F3N3O2S/c1-12-16(13-5-3-2-4-6-13)17-19(30-12)25-11-27(20(17)29)26-18(28)14-7-9-15(10-8-14)21(22,23)24/h2-11H,1H3,(H,26,28). The van der Waals surface area contributed by atoms with Gasteiger partial charge in [0, 0.05) is 16.0 Å². The molecule has 0 aliphatic rings. The van der Waals surface area contributed by atoms with Crippen LogP contribution < -0.4 is 11.0 Å². The summed E-state index contributed by atoms with van der Waals surface area (Å²) in [4.78, 5) is 31.2. The molecule has 0 saturated carbocycles. The van der Waals surface area contributed by atoms with Crippen LogP contribution in [-0.2, 0) is 6.18 Å². The molecule has 0 bridgehead atoms. The highest BCUT2D eigenvalue weighted by Crippen LogP contribution is 2.35. The number of aromatic nitrogens is 2. The van der Waals surface area contributed by atoms with Crippen molar-refractivity contribution in [3.05, 3.63) is 87.3 Å².